The minimum Gasteiger partial charge on any atom is -0.342 e. The molecular formula is C23H30FN5S. The number of aliphatic imine (C=N–C) groups is 1. The van der Waals surface area contributed by atoms with Crippen molar-refractivity contribution in [3.8, 4) is 0 Å². The van der Waals surface area contributed by atoms with Gasteiger partial charge in [-0.2, -0.15) is 0 Å². The van der Waals surface area contributed by atoms with Crippen molar-refractivity contribution in [2.75, 3.05) is 0 Å². The molecule has 2 heterocycles. The van der Waals surface area contributed by atoms with E-state index in [1.807, 2.05) is 25.3 Å². The number of hydrogen-bond donors (Lipinski definition) is 2. The molecule has 0 radical (unpaired) electrons. The van der Waals surface area contributed by atoms with Crippen LogP contribution in [0, 0.1) is 5.82 Å². The quantitative estimate of drug-likeness (QED) is 0.377. The van der Waals surface area contributed by atoms with Crippen LogP contribution in [0.25, 0.3) is 12.4 Å². The van der Waals surface area contributed by atoms with E-state index in [1.165, 1.54) is 5.57 Å². The summed E-state index contributed by atoms with van der Waals surface area (Å²) in [7, 11) is 0. The zero-order valence-electron chi connectivity index (χ0n) is 18.3. The summed E-state index contributed by atoms with van der Waals surface area (Å²) in [5.74, 6) is 1.51. The Morgan fingerprint density at radius 1 is 1.27 bits per heavy atom. The maximum atomic E-state index is 13.1. The van der Waals surface area contributed by atoms with Gasteiger partial charge in [-0.1, -0.05) is 31.6 Å². The highest BCUT2D eigenvalue weighted by Crippen LogP contribution is 2.11. The van der Waals surface area contributed by atoms with Crippen molar-refractivity contribution in [3.05, 3.63) is 68.7 Å². The molecule has 1 unspecified atom stereocenters. The van der Waals surface area contributed by atoms with Gasteiger partial charge in [0.25, 0.3) is 0 Å². The Balaban J connectivity index is 2.35. The van der Waals surface area contributed by atoms with Gasteiger partial charge in [0.1, 0.15) is 11.9 Å². The first-order chi connectivity index (χ1) is 14.3. The second-order valence-corrected chi connectivity index (χ2v) is 8.20. The third-order valence-electron chi connectivity index (χ3n) is 4.09. The summed E-state index contributed by atoms with van der Waals surface area (Å²) in [4.78, 5) is 12.7. The molecule has 0 saturated heterocycles. The first-order valence-corrected chi connectivity index (χ1v) is 10.9. The van der Waals surface area contributed by atoms with E-state index in [9.17, 15) is 4.39 Å². The van der Waals surface area contributed by atoms with Crippen molar-refractivity contribution in [3.63, 3.8) is 0 Å². The predicted molar refractivity (Wildman–Crippen MR) is 125 cm³/mol. The first-order valence-electron chi connectivity index (χ1n) is 9.97. The van der Waals surface area contributed by atoms with Gasteiger partial charge < -0.3 is 10.6 Å². The molecule has 2 aromatic rings. The van der Waals surface area contributed by atoms with Crippen molar-refractivity contribution < 1.29 is 4.39 Å². The number of aromatic nitrogens is 2. The molecule has 0 saturated carbocycles. The predicted octanol–water partition coefficient (Wildman–Crippen LogP) is 4.16. The van der Waals surface area contributed by atoms with E-state index in [-0.39, 0.29) is 6.04 Å². The summed E-state index contributed by atoms with van der Waals surface area (Å²) in [6, 6.07) is 1.72. The Bertz CT molecular complexity index is 1030. The van der Waals surface area contributed by atoms with Crippen molar-refractivity contribution in [2.45, 2.75) is 53.5 Å². The van der Waals surface area contributed by atoms with E-state index in [4.69, 9.17) is 0 Å². The van der Waals surface area contributed by atoms with Gasteiger partial charge in [-0.25, -0.2) is 14.4 Å². The monoisotopic (exact) mass is 427 g/mol. The normalized spacial score (nSPS) is 14.2. The van der Waals surface area contributed by atoms with Crippen LogP contribution in [0.5, 0.6) is 0 Å². The molecule has 0 bridgehead atoms. The number of amidine groups is 1. The van der Waals surface area contributed by atoms with Gasteiger partial charge in [0, 0.05) is 15.4 Å². The summed E-state index contributed by atoms with van der Waals surface area (Å²) in [6.07, 6.45) is 8.66. The fraction of sp³-hybridized carbons (Fsp3) is 0.348. The van der Waals surface area contributed by atoms with Gasteiger partial charge in [0.2, 0.25) is 0 Å². The minimum absolute atomic E-state index is 0.311. The highest BCUT2D eigenvalue weighted by molar-refractivity contribution is 7.07. The average Bonchev–Trinajstić information content (AvgIpc) is 3.11. The van der Waals surface area contributed by atoms with E-state index < -0.39 is 5.82 Å². The summed E-state index contributed by atoms with van der Waals surface area (Å²) in [6.45, 7) is 14.2. The Hall–Kier alpha value is -2.80. The zero-order chi connectivity index (χ0) is 22.1. The molecular weight excluding hydrogens is 397 g/mol. The van der Waals surface area contributed by atoms with E-state index >= 15 is 0 Å². The minimum atomic E-state index is -0.462. The fourth-order valence-electron chi connectivity index (χ4n) is 2.73. The Labute approximate surface area is 181 Å². The smallest absolute Gasteiger partial charge is 0.159 e. The maximum Gasteiger partial charge on any atom is 0.159 e. The summed E-state index contributed by atoms with van der Waals surface area (Å²) in [5.41, 5.74) is 2.23. The molecule has 0 spiro atoms. The molecule has 2 N–H and O–H groups in total. The molecule has 0 aromatic carbocycles. The largest absolute Gasteiger partial charge is 0.342 e. The number of nitrogens with one attached hydrogen (secondary N) is 2. The van der Waals surface area contributed by atoms with Crippen molar-refractivity contribution in [2.24, 2.45) is 4.99 Å². The highest BCUT2D eigenvalue weighted by Gasteiger charge is 2.09. The van der Waals surface area contributed by atoms with Crippen LogP contribution in [0.15, 0.2) is 52.3 Å². The summed E-state index contributed by atoms with van der Waals surface area (Å²) in [5, 5.41) is 9.89. The SMILES string of the molecule is C=c1scc/c1=C(/NC(C)=NC(C)c1ncc(F)cn1)N/C(C=C(C)C)=C\CCC. The molecule has 2 aromatic heterocycles. The number of allylic oxidation sites excluding steroid dienone is 3. The number of hydrogen-bond acceptors (Lipinski definition) is 5. The molecule has 0 aliphatic heterocycles. The number of rotatable bonds is 8. The zero-order valence-corrected chi connectivity index (χ0v) is 19.1. The molecule has 2 rings (SSSR count). The fourth-order valence-corrected chi connectivity index (χ4v) is 3.40. The lowest BCUT2D eigenvalue weighted by Crippen LogP contribution is -2.37. The lowest BCUT2D eigenvalue weighted by molar-refractivity contribution is 0.602. The standard InChI is InChI=1S/C23H30FN5S/c1-7-8-9-20(12-15(2)3)29-23(21-10-11-30-17(21)5)28-18(6)27-16(4)22-25-13-19(24)14-26-22/h9-14,16,29H,5,7-8H2,1-4,6H3,(H,27,28)/b20-9-,23-21+. The molecule has 5 nitrogen and oxygen atoms in total. The van der Waals surface area contributed by atoms with Gasteiger partial charge in [0.05, 0.1) is 18.2 Å². The topological polar surface area (TPSA) is 62.2 Å². The molecule has 0 amide bonds. The third-order valence-corrected chi connectivity index (χ3v) is 4.86. The average molecular weight is 428 g/mol. The second-order valence-electron chi connectivity index (χ2n) is 7.20. The van der Waals surface area contributed by atoms with Crippen LogP contribution < -0.4 is 20.4 Å². The Kier molecular flexibility index (Phi) is 8.92. The Morgan fingerprint density at radius 2 is 1.97 bits per heavy atom. The lowest BCUT2D eigenvalue weighted by atomic mass is 10.2. The molecule has 0 aliphatic carbocycles. The molecule has 30 heavy (non-hydrogen) atoms. The van der Waals surface area contributed by atoms with Crippen LogP contribution in [0.2, 0.25) is 0 Å². The molecule has 160 valence electrons. The van der Waals surface area contributed by atoms with E-state index in [2.05, 4.69) is 65.1 Å². The maximum absolute atomic E-state index is 13.1. The molecule has 0 fully saturated rings. The summed E-state index contributed by atoms with van der Waals surface area (Å²) >= 11 is 1.59. The van der Waals surface area contributed by atoms with Crippen LogP contribution in [-0.4, -0.2) is 15.8 Å². The van der Waals surface area contributed by atoms with Crippen molar-refractivity contribution >= 4 is 29.6 Å². The van der Waals surface area contributed by atoms with Gasteiger partial charge >= 0.3 is 0 Å². The van der Waals surface area contributed by atoms with E-state index in [1.54, 1.807) is 11.3 Å². The van der Waals surface area contributed by atoms with Crippen LogP contribution in [-0.2, 0) is 0 Å². The van der Waals surface area contributed by atoms with Gasteiger partial charge in [-0.05, 0) is 51.6 Å². The third kappa shape index (κ3) is 7.22. The van der Waals surface area contributed by atoms with Crippen LogP contribution in [0.1, 0.15) is 59.3 Å². The molecule has 1 atom stereocenters. The highest BCUT2D eigenvalue weighted by atomic mass is 32.1. The van der Waals surface area contributed by atoms with Gasteiger partial charge in [-0.15, -0.1) is 11.3 Å². The van der Waals surface area contributed by atoms with Crippen LogP contribution >= 0.6 is 11.3 Å². The van der Waals surface area contributed by atoms with Crippen molar-refractivity contribution in [1.29, 1.82) is 0 Å². The van der Waals surface area contributed by atoms with Gasteiger partial charge in [-0.3, -0.25) is 4.99 Å². The van der Waals surface area contributed by atoms with Crippen molar-refractivity contribution in [1.82, 2.24) is 20.6 Å². The first kappa shape index (κ1) is 23.5. The number of unbranched alkanes of at least 4 members (excludes halogenated alkanes) is 1. The van der Waals surface area contributed by atoms with Crippen LogP contribution in [0.3, 0.4) is 0 Å². The molecule has 7 heteroatoms. The van der Waals surface area contributed by atoms with E-state index in [0.717, 1.165) is 46.5 Å². The number of halogens is 1. The molecule has 0 aliphatic rings. The second kappa shape index (κ2) is 11.4. The van der Waals surface area contributed by atoms with Gasteiger partial charge in [0.15, 0.2) is 11.6 Å². The van der Waals surface area contributed by atoms with Crippen LogP contribution in [0.4, 0.5) is 4.39 Å². The Morgan fingerprint density at radius 3 is 2.53 bits per heavy atom. The summed E-state index contributed by atoms with van der Waals surface area (Å²) < 4.78 is 14.0. The lowest BCUT2D eigenvalue weighted by Gasteiger charge is -2.16. The number of thiophene rings is 1. The number of nitrogens with zero attached hydrogens (tertiary/aromatic N) is 3. The van der Waals surface area contributed by atoms with E-state index in [0.29, 0.717) is 11.7 Å².